The third-order valence-corrected chi connectivity index (χ3v) is 14.1. The molecule has 0 amide bonds. The van der Waals surface area contributed by atoms with Gasteiger partial charge in [0.05, 0.1) is 36.9 Å². The molecule has 5 fully saturated rings. The molecule has 6 aliphatic carbocycles. The van der Waals surface area contributed by atoms with Crippen LogP contribution in [0, 0.1) is 69.0 Å². The molecule has 0 aromatic carbocycles. The van der Waals surface area contributed by atoms with Crippen molar-refractivity contribution in [1.82, 2.24) is 0 Å². The topological polar surface area (TPSA) is 107 Å². The summed E-state index contributed by atoms with van der Waals surface area (Å²) >= 11 is 0. The van der Waals surface area contributed by atoms with E-state index in [0.717, 1.165) is 25.7 Å². The van der Waals surface area contributed by atoms with E-state index in [1.165, 1.54) is 0 Å². The smallest absolute Gasteiger partial charge is 0.310 e. The Kier molecular flexibility index (Phi) is 6.11. The zero-order chi connectivity index (χ0) is 27.6. The van der Waals surface area contributed by atoms with Gasteiger partial charge >= 0.3 is 5.97 Å². The van der Waals surface area contributed by atoms with Gasteiger partial charge in [-0.3, -0.25) is 4.79 Å². The first kappa shape index (κ1) is 27.2. The van der Waals surface area contributed by atoms with Crippen molar-refractivity contribution in [2.45, 2.75) is 104 Å². The lowest BCUT2D eigenvalue weighted by Gasteiger charge is -2.75. The third kappa shape index (κ3) is 3.07. The SMILES string of the molecule is CC(C)[C@@H](C)[C@@H](O)[C@H](O)[C@@H](C)[C@H]1CC[C@@H]2[C@]1(C)CC[C@H]1[C@]23C=C[C@]2(C[C@@H](O)[C@@H](O)C[C@]12C)[C@@H]1COC(=O)[C@@H]13. The first-order chi connectivity index (χ1) is 17.8. The highest BCUT2D eigenvalue weighted by Gasteiger charge is 2.80. The van der Waals surface area contributed by atoms with Crippen molar-refractivity contribution < 1.29 is 30.0 Å². The third-order valence-electron chi connectivity index (χ3n) is 14.1. The fourth-order valence-corrected chi connectivity index (χ4v) is 11.9. The summed E-state index contributed by atoms with van der Waals surface area (Å²) in [5, 5.41) is 44.2. The summed E-state index contributed by atoms with van der Waals surface area (Å²) in [6, 6.07) is 0. The largest absolute Gasteiger partial charge is 0.465 e. The molecule has 0 radical (unpaired) electrons. The zero-order valence-corrected chi connectivity index (χ0v) is 24.1. The van der Waals surface area contributed by atoms with E-state index in [4.69, 9.17) is 4.74 Å². The Morgan fingerprint density at radius 1 is 0.921 bits per heavy atom. The summed E-state index contributed by atoms with van der Waals surface area (Å²) in [5.41, 5.74) is -0.923. The summed E-state index contributed by atoms with van der Waals surface area (Å²) in [5.74, 6) is 0.798. The highest BCUT2D eigenvalue weighted by molar-refractivity contribution is 5.78. The second-order valence-electron chi connectivity index (χ2n) is 15.3. The van der Waals surface area contributed by atoms with Crippen molar-refractivity contribution in [3.05, 3.63) is 12.2 Å². The van der Waals surface area contributed by atoms with Crippen molar-refractivity contribution in [3.63, 3.8) is 0 Å². The summed E-state index contributed by atoms with van der Waals surface area (Å²) < 4.78 is 5.85. The quantitative estimate of drug-likeness (QED) is 0.317. The number of carbonyl (C=O) groups excluding carboxylic acids is 1. The van der Waals surface area contributed by atoms with Gasteiger partial charge in [0.15, 0.2) is 0 Å². The number of allylic oxidation sites excluding steroid dienone is 2. The lowest BCUT2D eigenvalue weighted by atomic mass is 9.28. The maximum absolute atomic E-state index is 13.6. The van der Waals surface area contributed by atoms with Crippen LogP contribution in [0.25, 0.3) is 0 Å². The van der Waals surface area contributed by atoms with Crippen LogP contribution in [0.1, 0.15) is 80.1 Å². The predicted molar refractivity (Wildman–Crippen MR) is 144 cm³/mol. The second-order valence-corrected chi connectivity index (χ2v) is 15.3. The van der Waals surface area contributed by atoms with Crippen molar-refractivity contribution in [1.29, 1.82) is 0 Å². The fourth-order valence-electron chi connectivity index (χ4n) is 11.9. The van der Waals surface area contributed by atoms with E-state index in [9.17, 15) is 25.2 Å². The molecular formula is C32H50O6. The van der Waals surface area contributed by atoms with Gasteiger partial charge in [-0.15, -0.1) is 0 Å². The van der Waals surface area contributed by atoms with Crippen LogP contribution in [-0.2, 0) is 9.53 Å². The standard InChI is InChI=1S/C32H50O6/c1-16(2)17(3)26(35)27(36)18(4)19-7-8-23-29(19,5)10-9-24-30(6)13-21(33)22(34)14-31(30)11-12-32(23,24)25-20(31)15-38-28(25)37/h11-12,16-27,33-36H,7-10,13-15H2,1-6H3/t17-,18+,19-,20-,21+,22-,23-,24-,25-,26-,27-,29-,30-,31+,32+/m1/s1. The Balaban J connectivity index is 1.41. The number of carbonyl (C=O) groups is 1. The molecule has 6 nitrogen and oxygen atoms in total. The highest BCUT2D eigenvalue weighted by atomic mass is 16.5. The number of esters is 1. The van der Waals surface area contributed by atoms with Crippen LogP contribution < -0.4 is 0 Å². The minimum atomic E-state index is -0.777. The van der Waals surface area contributed by atoms with Gasteiger partial charge in [-0.25, -0.2) is 0 Å². The van der Waals surface area contributed by atoms with Crippen LogP contribution in [-0.4, -0.2) is 57.4 Å². The molecule has 1 saturated heterocycles. The molecule has 1 heterocycles. The maximum Gasteiger partial charge on any atom is 0.310 e. The Morgan fingerprint density at radius 3 is 2.29 bits per heavy atom. The van der Waals surface area contributed by atoms with E-state index in [0.29, 0.717) is 25.4 Å². The van der Waals surface area contributed by atoms with Gasteiger partial charge in [0.1, 0.15) is 0 Å². The van der Waals surface area contributed by atoms with Gasteiger partial charge in [0.25, 0.3) is 0 Å². The summed E-state index contributed by atoms with van der Waals surface area (Å²) in [7, 11) is 0. The van der Waals surface area contributed by atoms with E-state index in [-0.39, 0.29) is 69.1 Å². The van der Waals surface area contributed by atoms with Gasteiger partial charge in [0, 0.05) is 16.7 Å². The van der Waals surface area contributed by atoms with Gasteiger partial charge < -0.3 is 25.2 Å². The van der Waals surface area contributed by atoms with Crippen molar-refractivity contribution in [2.75, 3.05) is 6.61 Å². The molecule has 214 valence electrons. The Morgan fingerprint density at radius 2 is 1.61 bits per heavy atom. The van der Waals surface area contributed by atoms with Crippen molar-refractivity contribution >= 4 is 5.97 Å². The molecule has 15 atom stereocenters. The van der Waals surface area contributed by atoms with Crippen LogP contribution >= 0.6 is 0 Å². The minimum Gasteiger partial charge on any atom is -0.465 e. The Labute approximate surface area is 228 Å². The molecule has 7 rings (SSSR count). The first-order valence-electron chi connectivity index (χ1n) is 15.4. The summed E-state index contributed by atoms with van der Waals surface area (Å²) in [4.78, 5) is 13.6. The van der Waals surface area contributed by atoms with Crippen LogP contribution in [0.2, 0.25) is 0 Å². The van der Waals surface area contributed by atoms with Crippen molar-refractivity contribution in [3.8, 4) is 0 Å². The number of hydrogen-bond donors (Lipinski definition) is 4. The van der Waals surface area contributed by atoms with Crippen LogP contribution in [0.3, 0.4) is 0 Å². The monoisotopic (exact) mass is 530 g/mol. The number of aliphatic hydroxyl groups is 4. The first-order valence-corrected chi connectivity index (χ1v) is 15.4. The highest BCUT2D eigenvalue weighted by Crippen LogP contribution is 2.82. The number of hydrogen-bond acceptors (Lipinski definition) is 6. The minimum absolute atomic E-state index is 0.0154. The van der Waals surface area contributed by atoms with Crippen LogP contribution in [0.5, 0.6) is 0 Å². The lowest BCUT2D eigenvalue weighted by molar-refractivity contribution is -0.258. The van der Waals surface area contributed by atoms with Crippen molar-refractivity contribution in [2.24, 2.45) is 69.0 Å². The van der Waals surface area contributed by atoms with E-state index in [1.54, 1.807) is 0 Å². The molecule has 38 heavy (non-hydrogen) atoms. The van der Waals surface area contributed by atoms with E-state index >= 15 is 0 Å². The molecule has 2 bridgehead atoms. The number of fused-ring (bicyclic) bond motifs is 1. The fraction of sp³-hybridized carbons (Fsp3) is 0.906. The lowest BCUT2D eigenvalue weighted by Crippen LogP contribution is -2.73. The van der Waals surface area contributed by atoms with Gasteiger partial charge in [0.2, 0.25) is 0 Å². The maximum atomic E-state index is 13.6. The molecule has 2 spiro atoms. The number of rotatable bonds is 5. The van der Waals surface area contributed by atoms with E-state index in [1.807, 2.05) is 6.92 Å². The molecule has 4 N–H and O–H groups in total. The number of cyclic esters (lactones) is 1. The molecule has 1 aliphatic heterocycles. The van der Waals surface area contributed by atoms with E-state index < -0.39 is 24.4 Å². The number of aliphatic hydroxyl groups excluding tert-OH is 4. The molecule has 4 saturated carbocycles. The van der Waals surface area contributed by atoms with Gasteiger partial charge in [-0.2, -0.15) is 0 Å². The molecule has 0 aromatic heterocycles. The van der Waals surface area contributed by atoms with Crippen LogP contribution in [0.4, 0.5) is 0 Å². The average Bonchev–Trinajstić information content (AvgIpc) is 3.44. The molecule has 0 unspecified atom stereocenters. The predicted octanol–water partition coefficient (Wildman–Crippen LogP) is 3.95. The Hall–Kier alpha value is -0.950. The van der Waals surface area contributed by atoms with Gasteiger partial charge in [-0.1, -0.05) is 53.7 Å². The molecule has 7 aliphatic rings. The van der Waals surface area contributed by atoms with E-state index in [2.05, 4.69) is 46.8 Å². The molecule has 0 aromatic rings. The summed E-state index contributed by atoms with van der Waals surface area (Å²) in [6.07, 6.45) is 6.72. The normalized spacial score (nSPS) is 54.0. The van der Waals surface area contributed by atoms with Gasteiger partial charge in [-0.05, 0) is 84.9 Å². The zero-order valence-electron chi connectivity index (χ0n) is 24.1. The second kappa shape index (κ2) is 8.53. The average molecular weight is 531 g/mol. The summed E-state index contributed by atoms with van der Waals surface area (Å²) in [6.45, 7) is 13.5. The molecular weight excluding hydrogens is 480 g/mol. The van der Waals surface area contributed by atoms with Crippen LogP contribution in [0.15, 0.2) is 12.2 Å². The number of ether oxygens (including phenoxy) is 1. The molecule has 6 heteroatoms. The Bertz CT molecular complexity index is 1010.